The minimum absolute atomic E-state index is 0.143. The molecule has 0 spiro atoms. The zero-order valence-electron chi connectivity index (χ0n) is 16.6. The van der Waals surface area contributed by atoms with E-state index in [9.17, 15) is 10.1 Å². The van der Waals surface area contributed by atoms with E-state index in [0.717, 1.165) is 34.5 Å². The molecule has 0 saturated carbocycles. The summed E-state index contributed by atoms with van der Waals surface area (Å²) in [4.78, 5) is 21.9. The van der Waals surface area contributed by atoms with Crippen LogP contribution >= 0.6 is 23.1 Å². The third kappa shape index (κ3) is 5.05. The number of benzene rings is 1. The molecule has 0 radical (unpaired) electrons. The lowest BCUT2D eigenvalue weighted by Crippen LogP contribution is -2.24. The predicted molar refractivity (Wildman–Crippen MR) is 118 cm³/mol. The van der Waals surface area contributed by atoms with Crippen LogP contribution in [0.3, 0.4) is 0 Å². The fourth-order valence-corrected chi connectivity index (χ4v) is 4.69. The number of pyridine rings is 1. The Morgan fingerprint density at radius 1 is 1.31 bits per heavy atom. The fraction of sp³-hybridized carbons (Fsp3) is 0.333. The van der Waals surface area contributed by atoms with Crippen molar-refractivity contribution in [2.45, 2.75) is 43.4 Å². The minimum atomic E-state index is -0.368. The Balaban J connectivity index is 1.77. The van der Waals surface area contributed by atoms with Gasteiger partial charge >= 0.3 is 0 Å². The number of nitrogens with one attached hydrogen (secondary N) is 1. The van der Waals surface area contributed by atoms with Gasteiger partial charge in [-0.2, -0.15) is 5.26 Å². The predicted octanol–water partition coefficient (Wildman–Crippen LogP) is 5.03. The van der Waals surface area contributed by atoms with Crippen LogP contribution in [0.5, 0.6) is 5.75 Å². The molecule has 3 rings (SSSR count). The van der Waals surface area contributed by atoms with Gasteiger partial charge in [-0.15, -0.1) is 0 Å². The van der Waals surface area contributed by atoms with E-state index in [4.69, 9.17) is 4.74 Å². The van der Waals surface area contributed by atoms with Gasteiger partial charge in [0.25, 0.3) is 0 Å². The molecule has 0 aliphatic heterocycles. The highest BCUT2D eigenvalue weighted by molar-refractivity contribution is 8.00. The number of methoxy groups -OCH3 is 1. The zero-order valence-corrected chi connectivity index (χ0v) is 18.2. The van der Waals surface area contributed by atoms with Crippen molar-refractivity contribution in [3.05, 3.63) is 41.6 Å². The van der Waals surface area contributed by atoms with Crippen LogP contribution in [0.15, 0.2) is 35.4 Å². The van der Waals surface area contributed by atoms with Gasteiger partial charge in [-0.1, -0.05) is 43.4 Å². The van der Waals surface area contributed by atoms with Crippen LogP contribution < -0.4 is 10.1 Å². The van der Waals surface area contributed by atoms with E-state index < -0.39 is 0 Å². The number of amides is 1. The summed E-state index contributed by atoms with van der Waals surface area (Å²) in [5.74, 6) is 0.609. The zero-order chi connectivity index (χ0) is 20.8. The number of hydrogen-bond acceptors (Lipinski definition) is 7. The van der Waals surface area contributed by atoms with Crippen molar-refractivity contribution in [2.75, 3.05) is 12.4 Å². The number of aryl methyl sites for hydroxylation is 1. The number of aromatic nitrogens is 2. The Morgan fingerprint density at radius 3 is 2.83 bits per heavy atom. The number of fused-ring (bicyclic) bond motifs is 1. The molecule has 6 nitrogen and oxygen atoms in total. The van der Waals surface area contributed by atoms with Crippen molar-refractivity contribution < 1.29 is 9.53 Å². The third-order valence-corrected chi connectivity index (χ3v) is 6.59. The Bertz CT molecular complexity index is 1060. The van der Waals surface area contributed by atoms with Gasteiger partial charge in [-0.05, 0) is 43.2 Å². The lowest BCUT2D eigenvalue weighted by atomic mass is 10.2. The molecular weight excluding hydrogens is 404 g/mol. The second-order valence-electron chi connectivity index (χ2n) is 6.37. The van der Waals surface area contributed by atoms with Gasteiger partial charge in [0.15, 0.2) is 5.13 Å². The van der Waals surface area contributed by atoms with Gasteiger partial charge in [-0.3, -0.25) is 4.79 Å². The first kappa shape index (κ1) is 21.1. The molecule has 2 aromatic heterocycles. The van der Waals surface area contributed by atoms with E-state index in [1.54, 1.807) is 13.2 Å². The topological polar surface area (TPSA) is 87.9 Å². The number of nitrogens with zero attached hydrogens (tertiary/aromatic N) is 3. The Labute approximate surface area is 178 Å². The molecule has 0 fully saturated rings. The highest BCUT2D eigenvalue weighted by Gasteiger charge is 2.22. The van der Waals surface area contributed by atoms with E-state index in [-0.39, 0.29) is 11.2 Å². The molecule has 1 aromatic carbocycles. The summed E-state index contributed by atoms with van der Waals surface area (Å²) < 4.78 is 6.18. The number of nitriles is 1. The van der Waals surface area contributed by atoms with Crippen molar-refractivity contribution in [1.29, 1.82) is 5.26 Å². The fourth-order valence-electron chi connectivity index (χ4n) is 2.78. The van der Waals surface area contributed by atoms with Gasteiger partial charge in [-0.25, -0.2) is 9.97 Å². The summed E-state index contributed by atoms with van der Waals surface area (Å²) in [7, 11) is 1.62. The molecule has 150 valence electrons. The van der Waals surface area contributed by atoms with Crippen LogP contribution in [0.2, 0.25) is 0 Å². The average molecular weight is 427 g/mol. The van der Waals surface area contributed by atoms with Crippen molar-refractivity contribution in [3.8, 4) is 11.8 Å². The first-order chi connectivity index (χ1) is 14.1. The molecule has 29 heavy (non-hydrogen) atoms. The molecule has 1 atom stereocenters. The van der Waals surface area contributed by atoms with Crippen molar-refractivity contribution in [2.24, 2.45) is 0 Å². The van der Waals surface area contributed by atoms with Crippen LogP contribution in [0, 0.1) is 11.3 Å². The molecule has 0 aliphatic rings. The van der Waals surface area contributed by atoms with Gasteiger partial charge < -0.3 is 10.1 Å². The molecule has 1 N–H and O–H groups in total. The number of rotatable bonds is 8. The minimum Gasteiger partial charge on any atom is -0.497 e. The second kappa shape index (κ2) is 9.72. The summed E-state index contributed by atoms with van der Waals surface area (Å²) >= 11 is 2.74. The molecular formula is C21H22N4O2S2. The second-order valence-corrected chi connectivity index (χ2v) is 8.60. The first-order valence-corrected chi connectivity index (χ1v) is 11.1. The number of thioether (sulfide) groups is 1. The van der Waals surface area contributed by atoms with Crippen LogP contribution in [-0.2, 0) is 11.2 Å². The standard InChI is InChI=1S/C21H22N4O2S2/c1-4-6-14-8-7-13(12-22)20(23-14)28-17(5-2)19(26)25-21-24-16-10-9-15(27-3)11-18(16)29-21/h7-11,17H,4-6H2,1-3H3,(H,24,25,26). The SMILES string of the molecule is CCCc1ccc(C#N)c(SC(CC)C(=O)Nc2nc3ccc(OC)cc3s2)n1. The van der Waals surface area contributed by atoms with Crippen molar-refractivity contribution in [1.82, 2.24) is 9.97 Å². The molecule has 8 heteroatoms. The Kier molecular flexibility index (Phi) is 7.07. The lowest BCUT2D eigenvalue weighted by molar-refractivity contribution is -0.115. The summed E-state index contributed by atoms with van der Waals surface area (Å²) in [6.07, 6.45) is 2.43. The number of thiazole rings is 1. The van der Waals surface area contributed by atoms with E-state index in [0.29, 0.717) is 22.1 Å². The van der Waals surface area contributed by atoms with Crippen LogP contribution in [0.25, 0.3) is 10.2 Å². The van der Waals surface area contributed by atoms with Gasteiger partial charge in [0.1, 0.15) is 16.8 Å². The molecule has 1 unspecified atom stereocenters. The number of carbonyl (C=O) groups excluding carboxylic acids is 1. The van der Waals surface area contributed by atoms with E-state index in [1.807, 2.05) is 31.2 Å². The van der Waals surface area contributed by atoms with Crippen LogP contribution in [-0.4, -0.2) is 28.2 Å². The molecule has 2 heterocycles. The van der Waals surface area contributed by atoms with Crippen molar-refractivity contribution in [3.63, 3.8) is 0 Å². The molecule has 0 saturated heterocycles. The number of ether oxygens (including phenoxy) is 1. The highest BCUT2D eigenvalue weighted by atomic mass is 32.2. The summed E-state index contributed by atoms with van der Waals surface area (Å²) in [5.41, 5.74) is 2.24. The first-order valence-electron chi connectivity index (χ1n) is 9.40. The number of hydrogen-bond donors (Lipinski definition) is 1. The maximum Gasteiger partial charge on any atom is 0.239 e. The molecule has 1 amide bonds. The Hall–Kier alpha value is -2.63. The lowest BCUT2D eigenvalue weighted by Gasteiger charge is -2.14. The summed E-state index contributed by atoms with van der Waals surface area (Å²) in [6.45, 7) is 4.03. The maximum absolute atomic E-state index is 12.9. The summed E-state index contributed by atoms with van der Waals surface area (Å²) in [5, 5.41) is 13.1. The number of anilines is 1. The van der Waals surface area contributed by atoms with Gasteiger partial charge in [0, 0.05) is 5.69 Å². The van der Waals surface area contributed by atoms with Gasteiger partial charge in [0.2, 0.25) is 5.91 Å². The maximum atomic E-state index is 12.9. The normalized spacial score (nSPS) is 11.8. The molecule has 0 aliphatic carbocycles. The monoisotopic (exact) mass is 426 g/mol. The van der Waals surface area contributed by atoms with Crippen molar-refractivity contribution >= 4 is 44.4 Å². The molecule has 0 bridgehead atoms. The molecule has 3 aromatic rings. The van der Waals surface area contributed by atoms with Crippen LogP contribution in [0.4, 0.5) is 5.13 Å². The highest BCUT2D eigenvalue weighted by Crippen LogP contribution is 2.31. The van der Waals surface area contributed by atoms with Crippen LogP contribution in [0.1, 0.15) is 37.9 Å². The van der Waals surface area contributed by atoms with E-state index in [1.165, 1.54) is 23.1 Å². The summed E-state index contributed by atoms with van der Waals surface area (Å²) in [6, 6.07) is 11.4. The average Bonchev–Trinajstić information content (AvgIpc) is 3.13. The smallest absolute Gasteiger partial charge is 0.239 e. The van der Waals surface area contributed by atoms with Gasteiger partial charge in [0.05, 0.1) is 28.1 Å². The quantitative estimate of drug-likeness (QED) is 0.508. The third-order valence-electron chi connectivity index (χ3n) is 4.29. The Morgan fingerprint density at radius 2 is 2.14 bits per heavy atom. The van der Waals surface area contributed by atoms with E-state index >= 15 is 0 Å². The van der Waals surface area contributed by atoms with E-state index in [2.05, 4.69) is 28.3 Å². The largest absolute Gasteiger partial charge is 0.497 e. The number of carbonyl (C=O) groups is 1.